The third-order valence-corrected chi connectivity index (χ3v) is 5.61. The molecule has 156 valence electrons. The van der Waals surface area contributed by atoms with Crippen LogP contribution in [-0.4, -0.2) is 24.0 Å². The predicted molar refractivity (Wildman–Crippen MR) is 116 cm³/mol. The fraction of sp³-hybridized carbons (Fsp3) is 0.375. The van der Waals surface area contributed by atoms with Crippen LogP contribution in [0, 0.1) is 6.92 Å². The first-order valence-electron chi connectivity index (χ1n) is 10.4. The summed E-state index contributed by atoms with van der Waals surface area (Å²) in [5.74, 6) is 0.549. The van der Waals surface area contributed by atoms with Crippen LogP contribution in [-0.2, 0) is 11.3 Å². The SMILES string of the molecule is Cc1cc2oc(=O)cc(COC(=O)c3cccnc3N3CCCC3)c2cc1C(C)C. The molecule has 3 aromatic rings. The zero-order valence-corrected chi connectivity index (χ0v) is 17.6. The normalized spacial score (nSPS) is 13.9. The van der Waals surface area contributed by atoms with E-state index in [1.165, 1.54) is 11.6 Å². The van der Waals surface area contributed by atoms with Gasteiger partial charge in [-0.3, -0.25) is 0 Å². The molecule has 0 spiro atoms. The lowest BCUT2D eigenvalue weighted by molar-refractivity contribution is 0.0474. The van der Waals surface area contributed by atoms with Crippen molar-refractivity contribution in [2.24, 2.45) is 0 Å². The van der Waals surface area contributed by atoms with Crippen molar-refractivity contribution in [3.05, 3.63) is 69.2 Å². The van der Waals surface area contributed by atoms with Gasteiger partial charge in [0.25, 0.3) is 0 Å². The molecule has 1 fully saturated rings. The third kappa shape index (κ3) is 3.95. The molecular weight excluding hydrogens is 380 g/mol. The monoisotopic (exact) mass is 406 g/mol. The minimum absolute atomic E-state index is 0.00410. The van der Waals surface area contributed by atoms with E-state index < -0.39 is 11.6 Å². The van der Waals surface area contributed by atoms with Crippen LogP contribution in [0.25, 0.3) is 11.0 Å². The maximum absolute atomic E-state index is 12.9. The molecule has 0 atom stereocenters. The van der Waals surface area contributed by atoms with Crippen molar-refractivity contribution in [2.45, 2.75) is 46.1 Å². The summed E-state index contributed by atoms with van der Waals surface area (Å²) in [6, 6.07) is 8.78. The van der Waals surface area contributed by atoms with Crippen LogP contribution >= 0.6 is 0 Å². The standard InChI is InChI=1S/C24H26N2O4/c1-15(2)19-13-20-17(12-22(27)30-21(20)11-16(19)3)14-29-24(28)18-7-6-8-25-23(18)26-9-4-5-10-26/h6-8,11-13,15H,4-5,9-10,14H2,1-3H3. The summed E-state index contributed by atoms with van der Waals surface area (Å²) in [6.07, 6.45) is 3.87. The Kier molecular flexibility index (Phi) is 5.57. The number of aromatic nitrogens is 1. The molecule has 0 saturated carbocycles. The molecule has 0 aliphatic carbocycles. The second kappa shape index (κ2) is 8.30. The van der Waals surface area contributed by atoms with Crippen LogP contribution in [0.15, 0.2) is 45.7 Å². The van der Waals surface area contributed by atoms with Gasteiger partial charge in [-0.05, 0) is 61.1 Å². The Morgan fingerprint density at radius 3 is 2.73 bits per heavy atom. The minimum atomic E-state index is -0.454. The van der Waals surface area contributed by atoms with Gasteiger partial charge < -0.3 is 14.1 Å². The summed E-state index contributed by atoms with van der Waals surface area (Å²) < 4.78 is 11.0. The van der Waals surface area contributed by atoms with Crippen molar-refractivity contribution in [1.29, 1.82) is 0 Å². The number of ether oxygens (including phenoxy) is 1. The Morgan fingerprint density at radius 1 is 1.23 bits per heavy atom. The van der Waals surface area contributed by atoms with Gasteiger partial charge in [0.15, 0.2) is 0 Å². The van der Waals surface area contributed by atoms with E-state index in [-0.39, 0.29) is 6.61 Å². The number of hydrogen-bond donors (Lipinski definition) is 0. The Balaban J connectivity index is 1.63. The Hall–Kier alpha value is -3.15. The Morgan fingerprint density at radius 2 is 2.00 bits per heavy atom. The molecule has 0 radical (unpaired) electrons. The van der Waals surface area contributed by atoms with Crippen LogP contribution < -0.4 is 10.5 Å². The highest BCUT2D eigenvalue weighted by Crippen LogP contribution is 2.28. The molecule has 6 heteroatoms. The van der Waals surface area contributed by atoms with E-state index >= 15 is 0 Å². The van der Waals surface area contributed by atoms with E-state index in [2.05, 4.69) is 23.7 Å². The molecule has 30 heavy (non-hydrogen) atoms. The number of nitrogens with zero attached hydrogens (tertiary/aromatic N) is 2. The highest BCUT2D eigenvalue weighted by atomic mass is 16.5. The number of carbonyl (C=O) groups is 1. The number of pyridine rings is 1. The van der Waals surface area contributed by atoms with E-state index in [9.17, 15) is 9.59 Å². The summed E-state index contributed by atoms with van der Waals surface area (Å²) in [5, 5.41) is 0.794. The fourth-order valence-corrected chi connectivity index (χ4v) is 4.09. The predicted octanol–water partition coefficient (Wildman–Crippen LogP) is 4.58. The van der Waals surface area contributed by atoms with Gasteiger partial charge in [0.1, 0.15) is 23.6 Å². The van der Waals surface area contributed by atoms with Crippen molar-refractivity contribution < 1.29 is 13.9 Å². The van der Waals surface area contributed by atoms with Crippen molar-refractivity contribution in [2.75, 3.05) is 18.0 Å². The molecule has 1 aliphatic heterocycles. The van der Waals surface area contributed by atoms with E-state index in [1.54, 1.807) is 18.3 Å². The van der Waals surface area contributed by atoms with Crippen molar-refractivity contribution >= 4 is 22.8 Å². The van der Waals surface area contributed by atoms with Crippen molar-refractivity contribution in [3.8, 4) is 0 Å². The number of hydrogen-bond acceptors (Lipinski definition) is 6. The van der Waals surface area contributed by atoms with Gasteiger partial charge in [-0.25, -0.2) is 14.6 Å². The zero-order valence-electron chi connectivity index (χ0n) is 17.6. The zero-order chi connectivity index (χ0) is 21.3. The maximum Gasteiger partial charge on any atom is 0.342 e. The fourth-order valence-electron chi connectivity index (χ4n) is 4.09. The largest absolute Gasteiger partial charge is 0.457 e. The average molecular weight is 406 g/mol. The molecule has 1 aromatic carbocycles. The molecule has 0 unspecified atom stereocenters. The van der Waals surface area contributed by atoms with Crippen molar-refractivity contribution in [3.63, 3.8) is 0 Å². The molecule has 6 nitrogen and oxygen atoms in total. The molecule has 1 saturated heterocycles. The van der Waals surface area contributed by atoms with E-state index in [4.69, 9.17) is 9.15 Å². The minimum Gasteiger partial charge on any atom is -0.457 e. The van der Waals surface area contributed by atoms with Crippen LogP contribution in [0.2, 0.25) is 0 Å². The smallest absolute Gasteiger partial charge is 0.342 e. The van der Waals surface area contributed by atoms with Gasteiger partial charge in [0.05, 0.1) is 0 Å². The number of carbonyl (C=O) groups excluding carboxylic acids is 1. The van der Waals surface area contributed by atoms with Crippen LogP contribution in [0.5, 0.6) is 0 Å². The van der Waals surface area contributed by atoms with E-state index in [0.717, 1.165) is 36.9 Å². The highest BCUT2D eigenvalue weighted by molar-refractivity contribution is 5.95. The van der Waals surface area contributed by atoms with Gasteiger partial charge in [-0.2, -0.15) is 0 Å². The summed E-state index contributed by atoms with van der Waals surface area (Å²) in [6.45, 7) is 8.02. The van der Waals surface area contributed by atoms with Gasteiger partial charge >= 0.3 is 11.6 Å². The van der Waals surface area contributed by atoms with E-state index in [0.29, 0.717) is 28.4 Å². The first kappa shape index (κ1) is 20.1. The lowest BCUT2D eigenvalue weighted by atomic mass is 9.95. The molecule has 3 heterocycles. The number of rotatable bonds is 5. The number of esters is 1. The maximum atomic E-state index is 12.9. The lowest BCUT2D eigenvalue weighted by Gasteiger charge is -2.19. The second-order valence-corrected chi connectivity index (χ2v) is 8.10. The summed E-state index contributed by atoms with van der Waals surface area (Å²) in [5.41, 5.74) is 3.39. The third-order valence-electron chi connectivity index (χ3n) is 5.61. The number of fused-ring (bicyclic) bond motifs is 1. The van der Waals surface area contributed by atoms with Gasteiger partial charge in [0.2, 0.25) is 0 Å². The van der Waals surface area contributed by atoms with Gasteiger partial charge in [-0.1, -0.05) is 13.8 Å². The summed E-state index contributed by atoms with van der Waals surface area (Å²) in [4.78, 5) is 31.4. The average Bonchev–Trinajstić information content (AvgIpc) is 3.25. The number of aryl methyl sites for hydroxylation is 1. The topological polar surface area (TPSA) is 72.6 Å². The number of anilines is 1. The van der Waals surface area contributed by atoms with Crippen LogP contribution in [0.4, 0.5) is 5.82 Å². The first-order chi connectivity index (χ1) is 14.4. The molecule has 4 rings (SSSR count). The van der Waals surface area contributed by atoms with Crippen LogP contribution in [0.3, 0.4) is 0 Å². The molecule has 1 aliphatic rings. The molecule has 0 N–H and O–H groups in total. The molecule has 2 aromatic heterocycles. The first-order valence-corrected chi connectivity index (χ1v) is 10.4. The van der Waals surface area contributed by atoms with Crippen molar-refractivity contribution in [1.82, 2.24) is 4.98 Å². The Labute approximate surface area is 175 Å². The van der Waals surface area contributed by atoms with E-state index in [1.807, 2.05) is 19.1 Å². The van der Waals surface area contributed by atoms with Gasteiger partial charge in [0, 0.05) is 36.3 Å². The number of benzene rings is 1. The van der Waals surface area contributed by atoms with Gasteiger partial charge in [-0.15, -0.1) is 0 Å². The summed E-state index contributed by atoms with van der Waals surface area (Å²) in [7, 11) is 0. The summed E-state index contributed by atoms with van der Waals surface area (Å²) >= 11 is 0. The Bertz CT molecular complexity index is 1140. The second-order valence-electron chi connectivity index (χ2n) is 8.10. The molecule has 0 bridgehead atoms. The van der Waals surface area contributed by atoms with Crippen LogP contribution in [0.1, 0.15) is 59.7 Å². The quantitative estimate of drug-likeness (QED) is 0.456. The molecule has 0 amide bonds. The molecular formula is C24H26N2O4. The lowest BCUT2D eigenvalue weighted by Crippen LogP contribution is -2.22. The highest BCUT2D eigenvalue weighted by Gasteiger charge is 2.22.